The highest BCUT2D eigenvalue weighted by Crippen LogP contribution is 2.32. The molecule has 4 rings (SSSR count). The number of carbonyl (C=O) groups is 1. The molecule has 3 aromatic rings. The number of rotatable bonds is 4. The van der Waals surface area contributed by atoms with Gasteiger partial charge in [-0.2, -0.15) is 15.6 Å². The van der Waals surface area contributed by atoms with Gasteiger partial charge in [-0.15, -0.1) is 22.7 Å². The van der Waals surface area contributed by atoms with Gasteiger partial charge in [0, 0.05) is 23.2 Å². The summed E-state index contributed by atoms with van der Waals surface area (Å²) in [5, 5.41) is 8.68. The van der Waals surface area contributed by atoms with Gasteiger partial charge in [0.15, 0.2) is 5.13 Å². The topological polar surface area (TPSA) is 79.4 Å². The minimum atomic E-state index is -3.47. The summed E-state index contributed by atoms with van der Waals surface area (Å²) in [5.74, 6) is -0.199. The first kappa shape index (κ1) is 16.9. The third kappa shape index (κ3) is 3.27. The molecular weight excluding hydrogens is 398 g/mol. The van der Waals surface area contributed by atoms with Crippen LogP contribution in [0.3, 0.4) is 0 Å². The van der Waals surface area contributed by atoms with Gasteiger partial charge in [-0.3, -0.25) is 10.1 Å². The maximum absolute atomic E-state index is 12.7. The Kier molecular flexibility index (Phi) is 4.46. The Bertz CT molecular complexity index is 991. The molecule has 0 saturated carbocycles. The smallest absolute Gasteiger partial charge is 0.258 e. The molecule has 0 saturated heterocycles. The summed E-state index contributed by atoms with van der Waals surface area (Å²) in [4.78, 5) is 17.5. The highest BCUT2D eigenvalue weighted by molar-refractivity contribution is 7.91. The van der Waals surface area contributed by atoms with Crippen LogP contribution in [0, 0.1) is 0 Å². The Hall–Kier alpha value is -1.59. The van der Waals surface area contributed by atoms with E-state index in [0.717, 1.165) is 10.6 Å². The largest absolute Gasteiger partial charge is 0.298 e. The number of fused-ring (bicyclic) bond motifs is 1. The quantitative estimate of drug-likeness (QED) is 0.715. The Morgan fingerprint density at radius 1 is 1.28 bits per heavy atom. The second-order valence-electron chi connectivity index (χ2n) is 5.38. The van der Waals surface area contributed by atoms with Crippen LogP contribution in [0.15, 0.2) is 38.5 Å². The molecule has 4 heterocycles. The van der Waals surface area contributed by atoms with Crippen molar-refractivity contribution in [2.75, 3.05) is 11.9 Å². The predicted molar refractivity (Wildman–Crippen MR) is 100 cm³/mol. The number of hydrogen-bond donors (Lipinski definition) is 1. The van der Waals surface area contributed by atoms with Crippen molar-refractivity contribution >= 4 is 55.1 Å². The summed E-state index contributed by atoms with van der Waals surface area (Å²) < 4.78 is 27.1. The lowest BCUT2D eigenvalue weighted by Gasteiger charge is -2.24. The average Bonchev–Trinajstić information content (AvgIpc) is 3.33. The molecule has 6 nitrogen and oxygen atoms in total. The second-order valence-corrected chi connectivity index (χ2v) is 10.4. The van der Waals surface area contributed by atoms with Crippen LogP contribution in [0.25, 0.3) is 0 Å². The zero-order chi connectivity index (χ0) is 17.4. The standard InChI is InChI=1S/C15H13N3O3S4/c19-14(10-4-7-22-9-10)17-15-16-11-3-5-18(8-12(11)24-15)25(20,21)13-2-1-6-23-13/h1-2,4,6-7,9H,3,5,8H2,(H,16,17,19). The first-order valence-electron chi connectivity index (χ1n) is 7.40. The summed E-state index contributed by atoms with van der Waals surface area (Å²) in [5.41, 5.74) is 1.46. The first-order valence-corrected chi connectivity index (χ1v) is 11.5. The number of thiazole rings is 1. The van der Waals surface area contributed by atoms with E-state index in [0.29, 0.717) is 34.4 Å². The van der Waals surface area contributed by atoms with E-state index in [1.165, 1.54) is 38.3 Å². The lowest BCUT2D eigenvalue weighted by Crippen LogP contribution is -2.35. The van der Waals surface area contributed by atoms with Crippen molar-refractivity contribution in [2.45, 2.75) is 17.2 Å². The van der Waals surface area contributed by atoms with Gasteiger partial charge in [0.2, 0.25) is 0 Å². The number of nitrogens with zero attached hydrogens (tertiary/aromatic N) is 2. The average molecular weight is 412 g/mol. The molecular formula is C15H13N3O3S4. The highest BCUT2D eigenvalue weighted by Gasteiger charge is 2.31. The SMILES string of the molecule is O=C(Nc1nc2c(s1)CN(S(=O)(=O)c1cccs1)CC2)c1ccsc1. The van der Waals surface area contributed by atoms with Crippen LogP contribution < -0.4 is 5.32 Å². The van der Waals surface area contributed by atoms with Crippen LogP contribution in [0.5, 0.6) is 0 Å². The molecule has 1 aliphatic heterocycles. The Morgan fingerprint density at radius 3 is 2.88 bits per heavy atom. The van der Waals surface area contributed by atoms with Crippen molar-refractivity contribution in [3.63, 3.8) is 0 Å². The normalized spacial score (nSPS) is 15.0. The minimum Gasteiger partial charge on any atom is -0.298 e. The van der Waals surface area contributed by atoms with Crippen LogP contribution in [0.2, 0.25) is 0 Å². The van der Waals surface area contributed by atoms with Crippen molar-refractivity contribution < 1.29 is 13.2 Å². The van der Waals surface area contributed by atoms with Gasteiger partial charge in [0.05, 0.1) is 17.8 Å². The zero-order valence-corrected chi connectivity index (χ0v) is 16.1. The van der Waals surface area contributed by atoms with Crippen molar-refractivity contribution in [3.05, 3.63) is 50.5 Å². The van der Waals surface area contributed by atoms with E-state index in [2.05, 4.69) is 10.3 Å². The van der Waals surface area contributed by atoms with Gasteiger partial charge in [-0.1, -0.05) is 6.07 Å². The zero-order valence-electron chi connectivity index (χ0n) is 12.8. The van der Waals surface area contributed by atoms with Crippen LogP contribution in [0.4, 0.5) is 5.13 Å². The molecule has 0 radical (unpaired) electrons. The van der Waals surface area contributed by atoms with E-state index in [9.17, 15) is 13.2 Å². The number of carbonyl (C=O) groups excluding carboxylic acids is 1. The van der Waals surface area contributed by atoms with Crippen molar-refractivity contribution in [1.82, 2.24) is 9.29 Å². The lowest BCUT2D eigenvalue weighted by atomic mass is 10.2. The fraction of sp³-hybridized carbons (Fsp3) is 0.200. The predicted octanol–water partition coefficient (Wildman–Crippen LogP) is 3.27. The Labute approximate surface area is 156 Å². The minimum absolute atomic E-state index is 0.199. The van der Waals surface area contributed by atoms with Crippen LogP contribution >= 0.6 is 34.0 Å². The molecule has 0 fully saturated rings. The van der Waals surface area contributed by atoms with E-state index in [4.69, 9.17) is 0 Å². The number of sulfonamides is 1. The summed E-state index contributed by atoms with van der Waals surface area (Å²) in [7, 11) is -3.47. The maximum Gasteiger partial charge on any atom is 0.258 e. The molecule has 1 N–H and O–H groups in total. The molecule has 0 bridgehead atoms. The number of aromatic nitrogens is 1. The third-order valence-corrected chi connectivity index (χ3v) is 8.69. The van der Waals surface area contributed by atoms with Gasteiger partial charge >= 0.3 is 0 Å². The van der Waals surface area contributed by atoms with Crippen molar-refractivity contribution in [1.29, 1.82) is 0 Å². The fourth-order valence-electron chi connectivity index (χ4n) is 2.53. The van der Waals surface area contributed by atoms with E-state index in [1.807, 2.05) is 5.38 Å². The Balaban J connectivity index is 1.52. The molecule has 1 aliphatic rings. The molecule has 0 atom stereocenters. The summed E-state index contributed by atoms with van der Waals surface area (Å²) in [6.07, 6.45) is 0.546. The van der Waals surface area contributed by atoms with E-state index < -0.39 is 10.0 Å². The number of hydrogen-bond acceptors (Lipinski definition) is 7. The molecule has 0 aromatic carbocycles. The van der Waals surface area contributed by atoms with Gasteiger partial charge in [0.1, 0.15) is 4.21 Å². The summed E-state index contributed by atoms with van der Waals surface area (Å²) in [6, 6.07) is 5.11. The monoisotopic (exact) mass is 411 g/mol. The lowest BCUT2D eigenvalue weighted by molar-refractivity contribution is 0.102. The van der Waals surface area contributed by atoms with Crippen molar-refractivity contribution in [3.8, 4) is 0 Å². The molecule has 1 amide bonds. The molecule has 10 heteroatoms. The number of anilines is 1. The van der Waals surface area contributed by atoms with E-state index >= 15 is 0 Å². The molecule has 3 aromatic heterocycles. The third-order valence-electron chi connectivity index (χ3n) is 3.79. The molecule has 0 unspecified atom stereocenters. The van der Waals surface area contributed by atoms with Crippen LogP contribution in [-0.2, 0) is 23.0 Å². The van der Waals surface area contributed by atoms with Crippen LogP contribution in [0.1, 0.15) is 20.9 Å². The Morgan fingerprint density at radius 2 is 2.16 bits per heavy atom. The number of amides is 1. The maximum atomic E-state index is 12.7. The molecule has 0 aliphatic carbocycles. The molecule has 25 heavy (non-hydrogen) atoms. The second kappa shape index (κ2) is 6.61. The van der Waals surface area contributed by atoms with Gasteiger partial charge in [0.25, 0.3) is 15.9 Å². The van der Waals surface area contributed by atoms with E-state index in [1.54, 1.807) is 29.0 Å². The van der Waals surface area contributed by atoms with Gasteiger partial charge < -0.3 is 0 Å². The summed E-state index contributed by atoms with van der Waals surface area (Å²) >= 11 is 4.01. The number of thiophene rings is 2. The first-order chi connectivity index (χ1) is 12.0. The summed E-state index contributed by atoms with van der Waals surface area (Å²) in [6.45, 7) is 0.691. The van der Waals surface area contributed by atoms with E-state index in [-0.39, 0.29) is 5.91 Å². The highest BCUT2D eigenvalue weighted by atomic mass is 32.2. The van der Waals surface area contributed by atoms with Gasteiger partial charge in [-0.05, 0) is 22.9 Å². The fourth-order valence-corrected chi connectivity index (χ4v) is 6.82. The molecule has 130 valence electrons. The number of nitrogens with one attached hydrogen (secondary N) is 1. The van der Waals surface area contributed by atoms with Crippen molar-refractivity contribution in [2.24, 2.45) is 0 Å². The van der Waals surface area contributed by atoms with Gasteiger partial charge in [-0.25, -0.2) is 13.4 Å². The molecule has 0 spiro atoms. The van der Waals surface area contributed by atoms with Crippen LogP contribution in [-0.4, -0.2) is 30.2 Å².